The minimum atomic E-state index is -1.10. The van der Waals surface area contributed by atoms with Crippen LogP contribution in [0.2, 0.25) is 0 Å². The number of benzene rings is 1. The number of aromatic nitrogens is 2. The maximum Gasteiger partial charge on any atom is 0.191 e. The van der Waals surface area contributed by atoms with Crippen molar-refractivity contribution >= 4 is 29.9 Å². The van der Waals surface area contributed by atoms with Crippen molar-refractivity contribution in [2.45, 2.75) is 32.9 Å². The van der Waals surface area contributed by atoms with Crippen molar-refractivity contribution in [1.82, 2.24) is 20.4 Å². The molecular weight excluding hydrogens is 476 g/mol. The Morgan fingerprint density at radius 2 is 2.11 bits per heavy atom. The van der Waals surface area contributed by atoms with Gasteiger partial charge in [-0.15, -0.1) is 24.0 Å². The second-order valence-corrected chi connectivity index (χ2v) is 6.42. The Bertz CT molecular complexity index is 779. The predicted molar refractivity (Wildman–Crippen MR) is 119 cm³/mol. The van der Waals surface area contributed by atoms with E-state index in [-0.39, 0.29) is 36.3 Å². The van der Waals surface area contributed by atoms with Crippen molar-refractivity contribution in [3.8, 4) is 5.75 Å². The number of rotatable bonds is 8. The lowest BCUT2D eigenvalue weighted by Gasteiger charge is -2.23. The quantitative estimate of drug-likeness (QED) is 0.292. The number of nitrogens with one attached hydrogen (secondary N) is 2. The van der Waals surface area contributed by atoms with Gasteiger partial charge in [0.1, 0.15) is 5.60 Å². The van der Waals surface area contributed by atoms with Gasteiger partial charge in [-0.1, -0.05) is 6.07 Å². The molecule has 1 heterocycles. The van der Waals surface area contributed by atoms with Gasteiger partial charge < -0.3 is 20.5 Å². The van der Waals surface area contributed by atoms with Crippen molar-refractivity contribution in [2.24, 2.45) is 12.0 Å². The van der Waals surface area contributed by atoms with E-state index in [0.29, 0.717) is 31.2 Å². The molecule has 0 saturated heterocycles. The SMILES string of the molecule is CCNC(=NCc1ccc(OCC)c(F)c1)NCC(C)(O)c1cnn(C)c1.I. The van der Waals surface area contributed by atoms with Crippen LogP contribution in [0.1, 0.15) is 31.9 Å². The van der Waals surface area contributed by atoms with Crippen molar-refractivity contribution < 1.29 is 14.2 Å². The number of hydrogen-bond acceptors (Lipinski definition) is 4. The number of guanidine groups is 1. The highest BCUT2D eigenvalue weighted by atomic mass is 127. The van der Waals surface area contributed by atoms with Gasteiger partial charge in [-0.25, -0.2) is 9.38 Å². The fourth-order valence-corrected chi connectivity index (χ4v) is 2.48. The van der Waals surface area contributed by atoms with Crippen LogP contribution in [0.5, 0.6) is 5.75 Å². The summed E-state index contributed by atoms with van der Waals surface area (Å²) in [4.78, 5) is 4.46. The first kappa shape index (κ1) is 24.2. The number of halogens is 2. The largest absolute Gasteiger partial charge is 0.491 e. The van der Waals surface area contributed by atoms with Crippen LogP contribution in [-0.2, 0) is 19.2 Å². The van der Waals surface area contributed by atoms with Gasteiger partial charge in [0.2, 0.25) is 0 Å². The molecule has 156 valence electrons. The topological polar surface area (TPSA) is 83.7 Å². The average molecular weight is 505 g/mol. The van der Waals surface area contributed by atoms with E-state index < -0.39 is 11.4 Å². The van der Waals surface area contributed by atoms with Gasteiger partial charge >= 0.3 is 0 Å². The third-order valence-electron chi connectivity index (χ3n) is 3.99. The highest BCUT2D eigenvalue weighted by Gasteiger charge is 2.25. The first-order valence-corrected chi connectivity index (χ1v) is 9.00. The molecule has 1 unspecified atom stereocenters. The van der Waals surface area contributed by atoms with E-state index in [2.05, 4.69) is 20.7 Å². The molecule has 1 atom stereocenters. The maximum atomic E-state index is 14.0. The second kappa shape index (κ2) is 11.2. The number of aliphatic imine (C=N–C) groups is 1. The molecule has 0 aliphatic rings. The van der Waals surface area contributed by atoms with Gasteiger partial charge in [0.05, 0.1) is 25.9 Å². The molecule has 3 N–H and O–H groups in total. The molecule has 2 aromatic rings. The third kappa shape index (κ3) is 6.93. The lowest BCUT2D eigenvalue weighted by molar-refractivity contribution is 0.0616. The van der Waals surface area contributed by atoms with Crippen LogP contribution in [-0.4, -0.2) is 40.5 Å². The van der Waals surface area contributed by atoms with E-state index in [4.69, 9.17) is 4.74 Å². The highest BCUT2D eigenvalue weighted by Crippen LogP contribution is 2.19. The summed E-state index contributed by atoms with van der Waals surface area (Å²) in [6, 6.07) is 4.81. The molecule has 0 fully saturated rings. The lowest BCUT2D eigenvalue weighted by atomic mass is 10.00. The van der Waals surface area contributed by atoms with Crippen LogP contribution >= 0.6 is 24.0 Å². The number of hydrogen-bond donors (Lipinski definition) is 3. The Morgan fingerprint density at radius 1 is 1.36 bits per heavy atom. The van der Waals surface area contributed by atoms with Crippen LogP contribution in [0.4, 0.5) is 4.39 Å². The van der Waals surface area contributed by atoms with Crippen LogP contribution in [0.25, 0.3) is 0 Å². The van der Waals surface area contributed by atoms with E-state index in [1.165, 1.54) is 6.07 Å². The molecule has 0 amide bonds. The zero-order valence-electron chi connectivity index (χ0n) is 16.7. The molecular formula is C19H29FIN5O2. The van der Waals surface area contributed by atoms with E-state index in [1.807, 2.05) is 13.8 Å². The van der Waals surface area contributed by atoms with Gasteiger partial charge in [0.25, 0.3) is 0 Å². The van der Waals surface area contributed by atoms with E-state index in [0.717, 1.165) is 5.56 Å². The van der Waals surface area contributed by atoms with Gasteiger partial charge in [0, 0.05) is 25.4 Å². The zero-order valence-corrected chi connectivity index (χ0v) is 19.0. The van der Waals surface area contributed by atoms with Crippen molar-refractivity contribution in [2.75, 3.05) is 19.7 Å². The summed E-state index contributed by atoms with van der Waals surface area (Å²) in [5, 5.41) is 21.0. The predicted octanol–water partition coefficient (Wildman–Crippen LogP) is 2.54. The first-order chi connectivity index (χ1) is 12.9. The Hall–Kier alpha value is -1.88. The Balaban J connectivity index is 0.00000392. The molecule has 28 heavy (non-hydrogen) atoms. The van der Waals surface area contributed by atoms with Crippen molar-refractivity contribution in [1.29, 1.82) is 0 Å². The second-order valence-electron chi connectivity index (χ2n) is 6.42. The van der Waals surface area contributed by atoms with Gasteiger partial charge in [0.15, 0.2) is 17.5 Å². The summed E-state index contributed by atoms with van der Waals surface area (Å²) in [5.41, 5.74) is 0.338. The monoisotopic (exact) mass is 505 g/mol. The van der Waals surface area contributed by atoms with E-state index in [9.17, 15) is 9.50 Å². The first-order valence-electron chi connectivity index (χ1n) is 9.00. The molecule has 1 aromatic carbocycles. The summed E-state index contributed by atoms with van der Waals surface area (Å²) in [7, 11) is 1.80. The molecule has 2 rings (SSSR count). The minimum Gasteiger partial charge on any atom is -0.491 e. The molecule has 0 bridgehead atoms. The van der Waals surface area contributed by atoms with Crippen LogP contribution < -0.4 is 15.4 Å². The number of aryl methyl sites for hydroxylation is 1. The molecule has 0 spiro atoms. The molecule has 1 aromatic heterocycles. The van der Waals surface area contributed by atoms with Crippen LogP contribution in [0.3, 0.4) is 0 Å². The summed E-state index contributed by atoms with van der Waals surface area (Å²) in [5.74, 6) is 0.376. The molecule has 9 heteroatoms. The van der Waals surface area contributed by atoms with E-state index in [1.54, 1.807) is 43.2 Å². The Kier molecular flexibility index (Phi) is 9.66. The summed E-state index contributed by atoms with van der Waals surface area (Å²) >= 11 is 0. The molecule has 0 aliphatic carbocycles. The summed E-state index contributed by atoms with van der Waals surface area (Å²) < 4.78 is 20.8. The normalized spacial score (nSPS) is 13.4. The summed E-state index contributed by atoms with van der Waals surface area (Å²) in [6.07, 6.45) is 3.41. The molecule has 7 nitrogen and oxygen atoms in total. The standard InChI is InChI=1S/C19H28FN5O2.HI/c1-5-21-18(23-13-19(3,26)15-11-24-25(4)12-15)22-10-14-7-8-17(27-6-2)16(20)9-14;/h7-9,11-12,26H,5-6,10,13H2,1-4H3,(H2,21,22,23);1H. The Labute approximate surface area is 182 Å². The fraction of sp³-hybridized carbons (Fsp3) is 0.474. The third-order valence-corrected chi connectivity index (χ3v) is 3.99. The Morgan fingerprint density at radius 3 is 2.68 bits per heavy atom. The number of ether oxygens (including phenoxy) is 1. The molecule has 0 radical (unpaired) electrons. The van der Waals surface area contributed by atoms with Gasteiger partial charge in [-0.2, -0.15) is 5.10 Å². The van der Waals surface area contributed by atoms with Gasteiger partial charge in [-0.3, -0.25) is 4.68 Å². The summed E-state index contributed by atoms with van der Waals surface area (Å²) in [6.45, 7) is 7.11. The highest BCUT2D eigenvalue weighted by molar-refractivity contribution is 14.0. The van der Waals surface area contributed by atoms with Crippen molar-refractivity contribution in [3.63, 3.8) is 0 Å². The zero-order chi connectivity index (χ0) is 19.9. The van der Waals surface area contributed by atoms with E-state index >= 15 is 0 Å². The van der Waals surface area contributed by atoms with Crippen LogP contribution in [0, 0.1) is 5.82 Å². The lowest BCUT2D eigenvalue weighted by Crippen LogP contribution is -2.44. The maximum absolute atomic E-state index is 14.0. The fourth-order valence-electron chi connectivity index (χ4n) is 2.48. The average Bonchev–Trinajstić information content (AvgIpc) is 3.07. The van der Waals surface area contributed by atoms with Crippen molar-refractivity contribution in [3.05, 3.63) is 47.5 Å². The smallest absolute Gasteiger partial charge is 0.191 e. The van der Waals surface area contributed by atoms with Gasteiger partial charge in [-0.05, 0) is 38.5 Å². The number of nitrogens with zero attached hydrogens (tertiary/aromatic N) is 3. The molecule has 0 saturated carbocycles. The molecule has 0 aliphatic heterocycles. The number of aliphatic hydroxyl groups is 1. The minimum absolute atomic E-state index is 0. The van der Waals surface area contributed by atoms with Crippen LogP contribution in [0.15, 0.2) is 35.6 Å².